The standard InChI is InChI=1S/C16H33N3O5S/c1-3-17-16(19-8-11-22-12-13-25(2,20)21)18-7-5-9-23-14-15-6-4-10-24-15/h15H,3-14H2,1-2H3,(H2,17,18,19). The van der Waals surface area contributed by atoms with Gasteiger partial charge in [-0.15, -0.1) is 0 Å². The Morgan fingerprint density at radius 2 is 2.08 bits per heavy atom. The molecule has 1 unspecified atom stereocenters. The molecular weight excluding hydrogens is 346 g/mol. The van der Waals surface area contributed by atoms with Gasteiger partial charge in [0.05, 0.1) is 31.7 Å². The molecule has 0 spiro atoms. The van der Waals surface area contributed by atoms with Gasteiger partial charge in [0, 0.05) is 39.1 Å². The molecule has 0 saturated carbocycles. The second-order valence-corrected chi connectivity index (χ2v) is 8.25. The Hall–Kier alpha value is -0.900. The maximum atomic E-state index is 11.0. The first kappa shape index (κ1) is 22.1. The lowest BCUT2D eigenvalue weighted by Crippen LogP contribution is -2.39. The highest BCUT2D eigenvalue weighted by Crippen LogP contribution is 2.11. The number of hydrogen-bond acceptors (Lipinski definition) is 6. The maximum absolute atomic E-state index is 11.0. The molecule has 0 amide bonds. The van der Waals surface area contributed by atoms with Crippen molar-refractivity contribution < 1.29 is 22.6 Å². The first-order chi connectivity index (χ1) is 12.0. The summed E-state index contributed by atoms with van der Waals surface area (Å²) in [7, 11) is -2.96. The third-order valence-electron chi connectivity index (χ3n) is 3.53. The summed E-state index contributed by atoms with van der Waals surface area (Å²) in [5.74, 6) is 0.779. The van der Waals surface area contributed by atoms with Crippen molar-refractivity contribution in [2.45, 2.75) is 32.3 Å². The van der Waals surface area contributed by atoms with E-state index in [2.05, 4.69) is 15.6 Å². The minimum Gasteiger partial charge on any atom is -0.379 e. The molecule has 0 aromatic heterocycles. The monoisotopic (exact) mass is 379 g/mol. The van der Waals surface area contributed by atoms with Gasteiger partial charge in [-0.05, 0) is 26.2 Å². The molecule has 0 bridgehead atoms. The van der Waals surface area contributed by atoms with Crippen LogP contribution in [0.2, 0.25) is 0 Å². The number of aliphatic imine (C=N–C) groups is 1. The predicted molar refractivity (Wildman–Crippen MR) is 98.9 cm³/mol. The van der Waals surface area contributed by atoms with Gasteiger partial charge in [0.1, 0.15) is 9.84 Å². The quantitative estimate of drug-likeness (QED) is 0.268. The van der Waals surface area contributed by atoms with Gasteiger partial charge in [-0.3, -0.25) is 4.99 Å². The Kier molecular flexibility index (Phi) is 11.8. The Bertz CT molecular complexity index is 464. The van der Waals surface area contributed by atoms with Gasteiger partial charge in [0.15, 0.2) is 5.96 Å². The van der Waals surface area contributed by atoms with Crippen molar-refractivity contribution >= 4 is 15.8 Å². The van der Waals surface area contributed by atoms with E-state index >= 15 is 0 Å². The van der Waals surface area contributed by atoms with Crippen LogP contribution in [0.15, 0.2) is 4.99 Å². The van der Waals surface area contributed by atoms with E-state index < -0.39 is 9.84 Å². The number of sulfone groups is 1. The van der Waals surface area contributed by atoms with Crippen LogP contribution in [0.4, 0.5) is 0 Å². The maximum Gasteiger partial charge on any atom is 0.191 e. The van der Waals surface area contributed by atoms with E-state index in [-0.39, 0.29) is 18.5 Å². The van der Waals surface area contributed by atoms with Crippen LogP contribution < -0.4 is 10.6 Å². The Morgan fingerprint density at radius 3 is 2.76 bits per heavy atom. The molecule has 1 aliphatic rings. The van der Waals surface area contributed by atoms with Crippen molar-refractivity contribution in [1.82, 2.24) is 10.6 Å². The summed E-state index contributed by atoms with van der Waals surface area (Å²) in [5.41, 5.74) is 0. The fourth-order valence-corrected chi connectivity index (χ4v) is 2.66. The number of nitrogens with zero attached hydrogens (tertiary/aromatic N) is 1. The zero-order valence-corrected chi connectivity index (χ0v) is 16.3. The van der Waals surface area contributed by atoms with Crippen molar-refractivity contribution in [1.29, 1.82) is 0 Å². The van der Waals surface area contributed by atoms with Crippen LogP contribution in [0.5, 0.6) is 0 Å². The first-order valence-electron chi connectivity index (χ1n) is 8.98. The van der Waals surface area contributed by atoms with Crippen LogP contribution in [-0.2, 0) is 24.0 Å². The molecule has 0 aromatic carbocycles. The van der Waals surface area contributed by atoms with E-state index in [1.54, 1.807) is 0 Å². The molecule has 8 nitrogen and oxygen atoms in total. The van der Waals surface area contributed by atoms with Crippen LogP contribution in [-0.4, -0.2) is 85.2 Å². The molecular formula is C16H33N3O5S. The van der Waals surface area contributed by atoms with E-state index in [4.69, 9.17) is 14.2 Å². The molecule has 0 radical (unpaired) electrons. The highest BCUT2D eigenvalue weighted by atomic mass is 32.2. The third-order valence-corrected chi connectivity index (χ3v) is 4.43. The summed E-state index contributed by atoms with van der Waals surface area (Å²) >= 11 is 0. The zero-order valence-electron chi connectivity index (χ0n) is 15.5. The number of guanidine groups is 1. The van der Waals surface area contributed by atoms with Crippen LogP contribution >= 0.6 is 0 Å². The highest BCUT2D eigenvalue weighted by Gasteiger charge is 2.14. The summed E-state index contributed by atoms with van der Waals surface area (Å²) < 4.78 is 38.4. The minimum absolute atomic E-state index is 0.0487. The summed E-state index contributed by atoms with van der Waals surface area (Å²) in [5, 5.41) is 6.32. The van der Waals surface area contributed by atoms with Gasteiger partial charge in [0.25, 0.3) is 0 Å². The van der Waals surface area contributed by atoms with Gasteiger partial charge in [-0.1, -0.05) is 0 Å². The van der Waals surface area contributed by atoms with E-state index in [0.29, 0.717) is 32.9 Å². The molecule has 1 heterocycles. The van der Waals surface area contributed by atoms with E-state index in [0.717, 1.165) is 38.4 Å². The molecule has 0 aromatic rings. The van der Waals surface area contributed by atoms with Crippen molar-refractivity contribution in [2.24, 2.45) is 4.99 Å². The van der Waals surface area contributed by atoms with Crippen LogP contribution in [0, 0.1) is 0 Å². The lowest BCUT2D eigenvalue weighted by atomic mass is 10.2. The molecule has 1 fully saturated rings. The fourth-order valence-electron chi connectivity index (χ4n) is 2.24. The SMILES string of the molecule is CCNC(=NCCCOCC1CCCO1)NCCOCCS(C)(=O)=O. The summed E-state index contributed by atoms with van der Waals surface area (Å²) in [6, 6.07) is 0. The lowest BCUT2D eigenvalue weighted by molar-refractivity contribution is 0.0171. The molecule has 1 aliphatic heterocycles. The molecule has 2 N–H and O–H groups in total. The number of hydrogen-bond donors (Lipinski definition) is 2. The van der Waals surface area contributed by atoms with E-state index in [1.165, 1.54) is 6.26 Å². The minimum atomic E-state index is -2.96. The van der Waals surface area contributed by atoms with E-state index in [9.17, 15) is 8.42 Å². The van der Waals surface area contributed by atoms with Gasteiger partial charge in [-0.25, -0.2) is 8.42 Å². The first-order valence-corrected chi connectivity index (χ1v) is 11.0. The Labute approximate surface area is 151 Å². The summed E-state index contributed by atoms with van der Waals surface area (Å²) in [6.07, 6.45) is 4.56. The number of rotatable bonds is 13. The summed E-state index contributed by atoms with van der Waals surface area (Å²) in [6.45, 7) is 6.89. The fraction of sp³-hybridized carbons (Fsp3) is 0.938. The highest BCUT2D eigenvalue weighted by molar-refractivity contribution is 7.90. The number of ether oxygens (including phenoxy) is 3. The third kappa shape index (κ3) is 13.0. The Balaban J connectivity index is 2.05. The normalized spacial score (nSPS) is 18.5. The van der Waals surface area contributed by atoms with Gasteiger partial charge in [-0.2, -0.15) is 0 Å². The summed E-state index contributed by atoms with van der Waals surface area (Å²) in [4.78, 5) is 4.47. The smallest absolute Gasteiger partial charge is 0.191 e. The van der Waals surface area contributed by atoms with Crippen molar-refractivity contribution in [3.63, 3.8) is 0 Å². The van der Waals surface area contributed by atoms with Gasteiger partial charge in [0.2, 0.25) is 0 Å². The second-order valence-electron chi connectivity index (χ2n) is 5.99. The van der Waals surface area contributed by atoms with Crippen LogP contribution in [0.25, 0.3) is 0 Å². The van der Waals surface area contributed by atoms with Gasteiger partial charge < -0.3 is 24.8 Å². The molecule has 9 heteroatoms. The van der Waals surface area contributed by atoms with E-state index in [1.807, 2.05) is 6.92 Å². The Morgan fingerprint density at radius 1 is 1.24 bits per heavy atom. The number of nitrogens with one attached hydrogen (secondary N) is 2. The predicted octanol–water partition coefficient (Wildman–Crippen LogP) is 0.188. The topological polar surface area (TPSA) is 98.2 Å². The molecule has 0 aliphatic carbocycles. The molecule has 1 saturated heterocycles. The molecule has 148 valence electrons. The van der Waals surface area contributed by atoms with Crippen molar-refractivity contribution in [2.75, 3.05) is 64.7 Å². The average Bonchev–Trinajstić information content (AvgIpc) is 3.06. The van der Waals surface area contributed by atoms with Crippen molar-refractivity contribution in [3.05, 3.63) is 0 Å². The molecule has 25 heavy (non-hydrogen) atoms. The van der Waals surface area contributed by atoms with Crippen molar-refractivity contribution in [3.8, 4) is 0 Å². The molecule has 1 atom stereocenters. The lowest BCUT2D eigenvalue weighted by Gasteiger charge is -2.12. The van der Waals surface area contributed by atoms with Crippen LogP contribution in [0.1, 0.15) is 26.2 Å². The van der Waals surface area contributed by atoms with Crippen LogP contribution in [0.3, 0.4) is 0 Å². The second kappa shape index (κ2) is 13.3. The average molecular weight is 380 g/mol. The van der Waals surface area contributed by atoms with Gasteiger partial charge >= 0.3 is 0 Å². The molecule has 1 rings (SSSR count). The zero-order chi connectivity index (χ0) is 18.4. The largest absolute Gasteiger partial charge is 0.379 e.